The van der Waals surface area contributed by atoms with Crippen LogP contribution in [0.4, 0.5) is 10.6 Å². The zero-order chi connectivity index (χ0) is 25.8. The number of hydrogen-bond donors (Lipinski definition) is 1. The number of piperazine rings is 1. The molecular weight excluding hydrogens is 490 g/mol. The molecule has 1 aromatic heterocycles. The van der Waals surface area contributed by atoms with Gasteiger partial charge in [-0.1, -0.05) is 25.0 Å². The van der Waals surface area contributed by atoms with Crippen molar-refractivity contribution in [1.82, 2.24) is 14.6 Å². The molecule has 0 spiro atoms. The summed E-state index contributed by atoms with van der Waals surface area (Å²) in [6.07, 6.45) is 5.06. The van der Waals surface area contributed by atoms with Gasteiger partial charge in [0, 0.05) is 18.5 Å². The minimum Gasteiger partial charge on any atom is -0.399 e. The average molecular weight is 529 g/mol. The molecule has 3 amide bonds. The largest absolute Gasteiger partial charge is 0.411 e. The van der Waals surface area contributed by atoms with E-state index < -0.39 is 0 Å². The molecule has 3 fully saturated rings. The number of fused-ring (bicyclic) bond motifs is 2. The van der Waals surface area contributed by atoms with Gasteiger partial charge in [0.15, 0.2) is 5.82 Å². The van der Waals surface area contributed by atoms with Crippen LogP contribution < -0.4 is 10.2 Å². The number of unbranched alkanes of at least 4 members (excludes halogenated alkanes) is 1. The average Bonchev–Trinajstić information content (AvgIpc) is 3.46. The highest BCUT2D eigenvalue weighted by molar-refractivity contribution is 7.13. The minimum absolute atomic E-state index is 0.0438. The molecule has 200 valence electrons. The van der Waals surface area contributed by atoms with E-state index in [1.165, 1.54) is 26.5 Å². The maximum absolute atomic E-state index is 12.8. The molecule has 1 N–H and O–H groups in total. The van der Waals surface area contributed by atoms with E-state index in [4.69, 9.17) is 9.11 Å². The second kappa shape index (κ2) is 11.3. The van der Waals surface area contributed by atoms with Gasteiger partial charge in [0.05, 0.1) is 49.3 Å². The van der Waals surface area contributed by atoms with Crippen LogP contribution in [0.15, 0.2) is 24.3 Å². The molecule has 1 aromatic carbocycles. The number of carbonyl (C=O) groups excluding carboxylic acids is 3. The van der Waals surface area contributed by atoms with Crippen LogP contribution in [-0.4, -0.2) is 84.2 Å². The first-order chi connectivity index (χ1) is 18.0. The summed E-state index contributed by atoms with van der Waals surface area (Å²) in [5, 5.41) is 3.91. The highest BCUT2D eigenvalue weighted by Crippen LogP contribution is 2.38. The number of nitrogens with one attached hydrogen (secondary N) is 1. The molecule has 3 heterocycles. The van der Waals surface area contributed by atoms with Crippen molar-refractivity contribution in [3.8, 4) is 0 Å². The van der Waals surface area contributed by atoms with Gasteiger partial charge in [-0.15, -0.1) is 0 Å². The smallest absolute Gasteiger partial charge is 0.399 e. The Labute approximate surface area is 222 Å². The predicted octanol–water partition coefficient (Wildman–Crippen LogP) is 3.59. The molecule has 10 heteroatoms. The van der Waals surface area contributed by atoms with E-state index in [0.29, 0.717) is 24.3 Å². The van der Waals surface area contributed by atoms with Gasteiger partial charge in [-0.25, -0.2) is 4.79 Å². The number of hydrogen-bond acceptors (Lipinski definition) is 7. The van der Waals surface area contributed by atoms with E-state index in [-0.39, 0.29) is 29.7 Å². The Balaban J connectivity index is 1.19. The third kappa shape index (κ3) is 5.45. The van der Waals surface area contributed by atoms with Crippen molar-refractivity contribution in [3.63, 3.8) is 0 Å². The first-order valence-corrected chi connectivity index (χ1v) is 14.5. The molecule has 2 unspecified atom stereocenters. The van der Waals surface area contributed by atoms with Crippen LogP contribution in [-0.2, 0) is 14.3 Å². The number of anilines is 1. The standard InChI is InChI=1S/C27H37N5O4S/c1-2-28-27(35)36-19-32(16-8-7-13-31-25(33)20-9-3-4-10-21(20)26(31)34)17-14-30(15-18-32)24-22-11-5-6-12-23(22)37-29-24/h5-6,11-12,20-21H,2-4,7-10,13-19H2,1H3/p+1. The fourth-order valence-electron chi connectivity index (χ4n) is 6.18. The third-order valence-electron chi connectivity index (χ3n) is 8.33. The normalized spacial score (nSPS) is 23.4. The third-order valence-corrected chi connectivity index (χ3v) is 9.15. The van der Waals surface area contributed by atoms with Crippen molar-refractivity contribution >= 4 is 45.3 Å². The number of quaternary nitrogens is 1. The molecule has 2 atom stereocenters. The zero-order valence-corrected chi connectivity index (χ0v) is 22.5. The molecule has 5 rings (SSSR count). The number of carbonyl (C=O) groups is 3. The summed E-state index contributed by atoms with van der Waals surface area (Å²) in [5.74, 6) is 0.958. The molecule has 0 bridgehead atoms. The summed E-state index contributed by atoms with van der Waals surface area (Å²) in [4.78, 5) is 41.6. The second-order valence-corrected chi connectivity index (χ2v) is 11.4. The fraction of sp³-hybridized carbons (Fsp3) is 0.630. The second-order valence-electron chi connectivity index (χ2n) is 10.6. The van der Waals surface area contributed by atoms with Gasteiger partial charge in [0.25, 0.3) is 0 Å². The Morgan fingerprint density at radius 3 is 2.51 bits per heavy atom. The van der Waals surface area contributed by atoms with Crippen LogP contribution in [0.5, 0.6) is 0 Å². The zero-order valence-electron chi connectivity index (χ0n) is 21.7. The monoisotopic (exact) mass is 528 g/mol. The molecule has 37 heavy (non-hydrogen) atoms. The van der Waals surface area contributed by atoms with Gasteiger partial charge in [-0.3, -0.25) is 19.0 Å². The van der Waals surface area contributed by atoms with Crippen LogP contribution in [0.1, 0.15) is 45.4 Å². The van der Waals surface area contributed by atoms with E-state index in [0.717, 1.165) is 77.1 Å². The van der Waals surface area contributed by atoms with Crippen molar-refractivity contribution in [3.05, 3.63) is 24.3 Å². The van der Waals surface area contributed by atoms with E-state index in [1.807, 2.05) is 13.0 Å². The van der Waals surface area contributed by atoms with Gasteiger partial charge in [-0.05, 0) is 56.3 Å². The van der Waals surface area contributed by atoms with E-state index in [2.05, 4.69) is 28.4 Å². The lowest BCUT2D eigenvalue weighted by Crippen LogP contribution is -2.61. The van der Waals surface area contributed by atoms with Gasteiger partial charge in [0.2, 0.25) is 18.5 Å². The minimum atomic E-state index is -0.385. The van der Waals surface area contributed by atoms with Crippen molar-refractivity contribution in [2.24, 2.45) is 11.8 Å². The highest BCUT2D eigenvalue weighted by Gasteiger charge is 2.47. The maximum Gasteiger partial charge on any atom is 0.411 e. The topological polar surface area (TPSA) is 91.8 Å². The number of amides is 3. The van der Waals surface area contributed by atoms with Gasteiger partial charge < -0.3 is 15.0 Å². The Morgan fingerprint density at radius 2 is 1.81 bits per heavy atom. The SMILES string of the molecule is CCNC(=O)OC[N+]1(CCCCN2C(=O)C3CCCCC3C2=O)CCN(c2nsc3ccccc23)CC1. The van der Waals surface area contributed by atoms with E-state index in [9.17, 15) is 14.4 Å². The van der Waals surface area contributed by atoms with E-state index in [1.54, 1.807) is 0 Å². The van der Waals surface area contributed by atoms with Crippen molar-refractivity contribution in [1.29, 1.82) is 0 Å². The van der Waals surface area contributed by atoms with Gasteiger partial charge >= 0.3 is 6.09 Å². The molecule has 2 aromatic rings. The van der Waals surface area contributed by atoms with Crippen molar-refractivity contribution < 1.29 is 23.6 Å². The molecule has 2 aliphatic heterocycles. The number of benzene rings is 1. The summed E-state index contributed by atoms with van der Waals surface area (Å²) >= 11 is 1.53. The van der Waals surface area contributed by atoms with Crippen LogP contribution >= 0.6 is 11.5 Å². The molecule has 2 saturated heterocycles. The summed E-state index contributed by atoms with van der Waals surface area (Å²) in [7, 11) is 0. The first kappa shape index (κ1) is 25.9. The van der Waals surface area contributed by atoms with Crippen LogP contribution in [0.25, 0.3) is 10.1 Å². The van der Waals surface area contributed by atoms with Crippen LogP contribution in [0.3, 0.4) is 0 Å². The molecule has 0 radical (unpaired) electrons. The number of rotatable bonds is 9. The number of aromatic nitrogens is 1. The van der Waals surface area contributed by atoms with Crippen molar-refractivity contribution in [2.45, 2.75) is 45.4 Å². The van der Waals surface area contributed by atoms with E-state index >= 15 is 0 Å². The Bertz CT molecular complexity index is 1100. The fourth-order valence-corrected chi connectivity index (χ4v) is 6.97. The molecular formula is C27H38N5O4S+. The molecule has 1 aliphatic carbocycles. The van der Waals surface area contributed by atoms with Crippen LogP contribution in [0, 0.1) is 11.8 Å². The summed E-state index contributed by atoms with van der Waals surface area (Å²) in [5.41, 5.74) is 0. The Kier molecular flexibility index (Phi) is 7.95. The number of nitrogens with zero attached hydrogens (tertiary/aromatic N) is 4. The number of imide groups is 1. The Hall–Kier alpha value is -2.72. The number of likely N-dealkylation sites (tertiary alicyclic amines) is 1. The molecule has 3 aliphatic rings. The Morgan fingerprint density at radius 1 is 1.11 bits per heavy atom. The summed E-state index contributed by atoms with van der Waals surface area (Å²) in [6.45, 7) is 7.42. The summed E-state index contributed by atoms with van der Waals surface area (Å²) < 4.78 is 12.2. The maximum atomic E-state index is 12.8. The van der Waals surface area contributed by atoms with Gasteiger partial charge in [-0.2, -0.15) is 4.37 Å². The molecule has 1 saturated carbocycles. The number of ether oxygens (including phenoxy) is 1. The number of alkyl carbamates (subject to hydrolysis) is 1. The highest BCUT2D eigenvalue weighted by atomic mass is 32.1. The predicted molar refractivity (Wildman–Crippen MR) is 143 cm³/mol. The van der Waals surface area contributed by atoms with Crippen molar-refractivity contribution in [2.75, 3.05) is 57.4 Å². The van der Waals surface area contributed by atoms with Gasteiger partial charge in [0.1, 0.15) is 0 Å². The quantitative estimate of drug-likeness (QED) is 0.304. The van der Waals surface area contributed by atoms with Crippen LogP contribution in [0.2, 0.25) is 0 Å². The lowest BCUT2D eigenvalue weighted by atomic mass is 9.81. The first-order valence-electron chi connectivity index (χ1n) is 13.7. The lowest BCUT2D eigenvalue weighted by Gasteiger charge is -2.44. The molecule has 9 nitrogen and oxygen atoms in total. The summed E-state index contributed by atoms with van der Waals surface area (Å²) in [6, 6.07) is 8.32. The lowest BCUT2D eigenvalue weighted by molar-refractivity contribution is -0.944.